The van der Waals surface area contributed by atoms with E-state index in [1.165, 1.54) is 7.05 Å². The molecule has 0 aliphatic carbocycles. The SMILES string of the molecule is C#CCN(C)C(=O)C(F)(F)OCCCC. The first-order valence-electron chi connectivity index (χ1n) is 4.66. The Balaban J connectivity index is 4.19. The smallest absolute Gasteiger partial charge is 0.327 e. The Morgan fingerprint density at radius 2 is 2.20 bits per heavy atom. The zero-order chi connectivity index (χ0) is 11.9. The van der Waals surface area contributed by atoms with E-state index in [1.54, 1.807) is 0 Å². The van der Waals surface area contributed by atoms with E-state index in [4.69, 9.17) is 6.42 Å². The molecule has 0 fully saturated rings. The van der Waals surface area contributed by atoms with E-state index in [-0.39, 0.29) is 13.2 Å². The number of alkyl halides is 2. The monoisotopic (exact) mass is 219 g/mol. The van der Waals surface area contributed by atoms with Crippen LogP contribution in [0.15, 0.2) is 0 Å². The number of nitrogens with zero attached hydrogens (tertiary/aromatic N) is 1. The van der Waals surface area contributed by atoms with Gasteiger partial charge in [0.1, 0.15) is 0 Å². The zero-order valence-electron chi connectivity index (χ0n) is 8.93. The van der Waals surface area contributed by atoms with Crippen molar-refractivity contribution in [3.63, 3.8) is 0 Å². The fraction of sp³-hybridized carbons (Fsp3) is 0.700. The molecule has 0 saturated carbocycles. The van der Waals surface area contributed by atoms with Crippen LogP contribution in [-0.2, 0) is 9.53 Å². The predicted molar refractivity (Wildman–Crippen MR) is 52.3 cm³/mol. The van der Waals surface area contributed by atoms with Gasteiger partial charge in [0.05, 0.1) is 13.2 Å². The molecule has 0 aromatic carbocycles. The average Bonchev–Trinajstić information content (AvgIpc) is 2.17. The van der Waals surface area contributed by atoms with Crippen LogP contribution in [0.1, 0.15) is 19.8 Å². The number of carbonyl (C=O) groups is 1. The number of halogens is 2. The highest BCUT2D eigenvalue weighted by molar-refractivity contribution is 5.82. The number of carbonyl (C=O) groups excluding carboxylic acids is 1. The fourth-order valence-electron chi connectivity index (χ4n) is 0.837. The Labute approximate surface area is 88.4 Å². The zero-order valence-corrected chi connectivity index (χ0v) is 8.93. The molecule has 15 heavy (non-hydrogen) atoms. The summed E-state index contributed by atoms with van der Waals surface area (Å²) in [5, 5.41) is 0. The van der Waals surface area contributed by atoms with Gasteiger partial charge in [-0.3, -0.25) is 4.79 Å². The Bertz CT molecular complexity index is 248. The lowest BCUT2D eigenvalue weighted by atomic mass is 10.3. The summed E-state index contributed by atoms with van der Waals surface area (Å²) >= 11 is 0. The number of likely N-dealkylation sites (N-methyl/N-ethyl adjacent to an activating group) is 1. The largest absolute Gasteiger partial charge is 0.436 e. The lowest BCUT2D eigenvalue weighted by molar-refractivity contribution is -0.238. The van der Waals surface area contributed by atoms with Gasteiger partial charge in [-0.15, -0.1) is 6.42 Å². The van der Waals surface area contributed by atoms with E-state index in [1.807, 2.05) is 6.92 Å². The van der Waals surface area contributed by atoms with Gasteiger partial charge in [0, 0.05) is 7.05 Å². The molecule has 0 rings (SSSR count). The molecular formula is C10H15F2NO2. The van der Waals surface area contributed by atoms with Crippen molar-refractivity contribution in [2.24, 2.45) is 0 Å². The summed E-state index contributed by atoms with van der Waals surface area (Å²) in [6.07, 6.45) is 2.34. The molecule has 5 heteroatoms. The molecule has 0 aromatic heterocycles. The van der Waals surface area contributed by atoms with Crippen LogP contribution in [0.5, 0.6) is 0 Å². The molecule has 86 valence electrons. The minimum atomic E-state index is -3.78. The summed E-state index contributed by atoms with van der Waals surface area (Å²) in [4.78, 5) is 11.9. The second-order valence-corrected chi connectivity index (χ2v) is 3.08. The van der Waals surface area contributed by atoms with Gasteiger partial charge in [-0.25, -0.2) is 0 Å². The van der Waals surface area contributed by atoms with Crippen LogP contribution in [0.4, 0.5) is 8.78 Å². The minimum Gasteiger partial charge on any atom is -0.327 e. The molecule has 3 nitrogen and oxygen atoms in total. The highest BCUT2D eigenvalue weighted by Crippen LogP contribution is 2.18. The molecule has 0 saturated heterocycles. The Kier molecular flexibility index (Phi) is 5.87. The third-order valence-corrected chi connectivity index (χ3v) is 1.71. The number of ether oxygens (including phenoxy) is 1. The average molecular weight is 219 g/mol. The lowest BCUT2D eigenvalue weighted by Crippen LogP contribution is -2.43. The van der Waals surface area contributed by atoms with Crippen molar-refractivity contribution in [1.29, 1.82) is 0 Å². The van der Waals surface area contributed by atoms with Gasteiger partial charge in [-0.1, -0.05) is 19.3 Å². The molecule has 0 atom stereocenters. The summed E-state index contributed by atoms with van der Waals surface area (Å²) in [5.74, 6) is 0.698. The van der Waals surface area contributed by atoms with Crippen LogP contribution in [0.2, 0.25) is 0 Å². The van der Waals surface area contributed by atoms with Crippen molar-refractivity contribution >= 4 is 5.91 Å². The minimum absolute atomic E-state index is 0.140. The van der Waals surface area contributed by atoms with Crippen LogP contribution in [0.3, 0.4) is 0 Å². The van der Waals surface area contributed by atoms with Gasteiger partial charge in [0.25, 0.3) is 0 Å². The van der Waals surface area contributed by atoms with Crippen molar-refractivity contribution in [2.75, 3.05) is 20.2 Å². The second-order valence-electron chi connectivity index (χ2n) is 3.08. The quantitative estimate of drug-likeness (QED) is 0.500. The van der Waals surface area contributed by atoms with Gasteiger partial charge in [0.2, 0.25) is 0 Å². The van der Waals surface area contributed by atoms with Crippen molar-refractivity contribution in [1.82, 2.24) is 4.90 Å². The van der Waals surface area contributed by atoms with Gasteiger partial charge in [0.15, 0.2) is 0 Å². The number of hydrogen-bond acceptors (Lipinski definition) is 2. The van der Waals surface area contributed by atoms with Gasteiger partial charge in [-0.2, -0.15) is 8.78 Å². The summed E-state index contributed by atoms with van der Waals surface area (Å²) in [6.45, 7) is 1.54. The summed E-state index contributed by atoms with van der Waals surface area (Å²) in [6, 6.07) is 0. The number of rotatable bonds is 6. The highest BCUT2D eigenvalue weighted by atomic mass is 19.3. The molecule has 0 aromatic rings. The predicted octanol–water partition coefficient (Wildman–Crippen LogP) is 1.49. The standard InChI is InChI=1S/C10H15F2NO2/c1-4-6-8-15-10(11,12)9(14)13(3)7-5-2/h2H,4,6-8H2,1,3H3. The number of unbranched alkanes of at least 4 members (excludes halogenated alkanes) is 1. The molecule has 0 aliphatic rings. The molecule has 0 bridgehead atoms. The van der Waals surface area contributed by atoms with Crippen molar-refractivity contribution in [3.8, 4) is 12.3 Å². The molecule has 0 radical (unpaired) electrons. The summed E-state index contributed by atoms with van der Waals surface area (Å²) in [5.41, 5.74) is 0. The van der Waals surface area contributed by atoms with Crippen LogP contribution >= 0.6 is 0 Å². The maximum atomic E-state index is 13.0. The molecule has 0 N–H and O–H groups in total. The van der Waals surface area contributed by atoms with Crippen LogP contribution in [0.25, 0.3) is 0 Å². The first kappa shape index (κ1) is 13.8. The van der Waals surface area contributed by atoms with E-state index >= 15 is 0 Å². The highest BCUT2D eigenvalue weighted by Gasteiger charge is 2.42. The molecule has 0 unspecified atom stereocenters. The molecule has 0 aliphatic heterocycles. The number of amides is 1. The first-order chi connectivity index (χ1) is 6.95. The van der Waals surface area contributed by atoms with E-state index in [2.05, 4.69) is 10.7 Å². The van der Waals surface area contributed by atoms with E-state index in [0.29, 0.717) is 6.42 Å². The van der Waals surface area contributed by atoms with Gasteiger partial charge < -0.3 is 9.64 Å². The fourth-order valence-corrected chi connectivity index (χ4v) is 0.837. The molecular weight excluding hydrogens is 204 g/mol. The molecule has 0 heterocycles. The lowest BCUT2D eigenvalue weighted by Gasteiger charge is -2.21. The van der Waals surface area contributed by atoms with Crippen molar-refractivity contribution in [3.05, 3.63) is 0 Å². The number of terminal acetylenes is 1. The van der Waals surface area contributed by atoms with Crippen molar-refractivity contribution < 1.29 is 18.3 Å². The maximum Gasteiger partial charge on any atom is 0.436 e. The molecule has 0 spiro atoms. The van der Waals surface area contributed by atoms with Crippen LogP contribution in [0, 0.1) is 12.3 Å². The van der Waals surface area contributed by atoms with E-state index in [0.717, 1.165) is 11.3 Å². The summed E-state index contributed by atoms with van der Waals surface area (Å²) in [7, 11) is 1.21. The maximum absolute atomic E-state index is 13.0. The Morgan fingerprint density at radius 1 is 1.60 bits per heavy atom. The number of hydrogen-bond donors (Lipinski definition) is 0. The Hall–Kier alpha value is -1.15. The molecule has 1 amide bonds. The van der Waals surface area contributed by atoms with Crippen molar-refractivity contribution in [2.45, 2.75) is 25.9 Å². The second kappa shape index (κ2) is 6.36. The third-order valence-electron chi connectivity index (χ3n) is 1.71. The Morgan fingerprint density at radius 3 is 2.67 bits per heavy atom. The van der Waals surface area contributed by atoms with E-state index < -0.39 is 12.0 Å². The van der Waals surface area contributed by atoms with Crippen LogP contribution in [-0.4, -0.2) is 37.1 Å². The van der Waals surface area contributed by atoms with Crippen LogP contribution < -0.4 is 0 Å². The topological polar surface area (TPSA) is 29.5 Å². The third kappa shape index (κ3) is 4.75. The normalized spacial score (nSPS) is 10.9. The van der Waals surface area contributed by atoms with Gasteiger partial charge >= 0.3 is 12.0 Å². The van der Waals surface area contributed by atoms with E-state index in [9.17, 15) is 13.6 Å². The first-order valence-corrected chi connectivity index (χ1v) is 4.66. The van der Waals surface area contributed by atoms with Gasteiger partial charge in [-0.05, 0) is 6.42 Å². The summed E-state index contributed by atoms with van der Waals surface area (Å²) < 4.78 is 30.3.